The van der Waals surface area contributed by atoms with Gasteiger partial charge in [-0.15, -0.1) is 0 Å². The number of thiazole rings is 1. The highest BCUT2D eigenvalue weighted by molar-refractivity contribution is 7.16. The normalized spacial score (nSPS) is 15.5. The average molecular weight is 318 g/mol. The molecule has 114 valence electrons. The van der Waals surface area contributed by atoms with Crippen LogP contribution in [0.2, 0.25) is 0 Å². The maximum Gasteiger partial charge on any atom is 0.273 e. The Morgan fingerprint density at radius 3 is 2.82 bits per heavy atom. The van der Waals surface area contributed by atoms with Gasteiger partial charge >= 0.3 is 0 Å². The molecule has 0 bridgehead atoms. The van der Waals surface area contributed by atoms with Crippen LogP contribution in [-0.2, 0) is 0 Å². The molecule has 1 saturated heterocycles. The van der Waals surface area contributed by atoms with Gasteiger partial charge in [-0.1, -0.05) is 11.3 Å². The Kier molecular flexibility index (Phi) is 4.49. The Morgan fingerprint density at radius 1 is 1.32 bits per heavy atom. The first-order chi connectivity index (χ1) is 10.7. The summed E-state index contributed by atoms with van der Waals surface area (Å²) < 4.78 is 18.6. The van der Waals surface area contributed by atoms with Crippen molar-refractivity contribution in [3.8, 4) is 21.8 Å². The molecule has 0 spiro atoms. The van der Waals surface area contributed by atoms with Crippen molar-refractivity contribution in [1.82, 2.24) is 14.9 Å². The summed E-state index contributed by atoms with van der Waals surface area (Å²) in [4.78, 5) is 10.6. The van der Waals surface area contributed by atoms with Gasteiger partial charge in [0.1, 0.15) is 0 Å². The summed E-state index contributed by atoms with van der Waals surface area (Å²) >= 11 is 1.43. The molecule has 3 rings (SSSR count). The predicted octanol–water partition coefficient (Wildman–Crippen LogP) is 2.92. The predicted molar refractivity (Wildman–Crippen MR) is 80.7 cm³/mol. The first-order valence-corrected chi connectivity index (χ1v) is 7.91. The lowest BCUT2D eigenvalue weighted by molar-refractivity contribution is 0.175. The number of nitrogens with zero attached hydrogens (tertiary/aromatic N) is 4. The molecular formula is C15H15FN4OS. The molecule has 0 amide bonds. The minimum Gasteiger partial charge on any atom is -0.470 e. The number of ether oxygens (including phenoxy) is 1. The molecular weight excluding hydrogens is 303 g/mol. The van der Waals surface area contributed by atoms with Gasteiger partial charge < -0.3 is 9.64 Å². The van der Waals surface area contributed by atoms with E-state index >= 15 is 0 Å². The molecule has 2 aromatic rings. The summed E-state index contributed by atoms with van der Waals surface area (Å²) in [6.45, 7) is 2.22. The summed E-state index contributed by atoms with van der Waals surface area (Å²) in [6, 6.07) is 3.01. The minimum atomic E-state index is -0.492. The van der Waals surface area contributed by atoms with E-state index in [1.807, 2.05) is 0 Å². The monoisotopic (exact) mass is 318 g/mol. The summed E-state index contributed by atoms with van der Waals surface area (Å²) in [5.41, 5.74) is 0.830. The van der Waals surface area contributed by atoms with Gasteiger partial charge in [-0.2, -0.15) is 9.65 Å². The molecule has 5 nitrogen and oxygen atoms in total. The van der Waals surface area contributed by atoms with E-state index in [1.165, 1.54) is 23.6 Å². The van der Waals surface area contributed by atoms with E-state index in [0.29, 0.717) is 17.7 Å². The van der Waals surface area contributed by atoms with Crippen LogP contribution >= 0.6 is 11.3 Å². The van der Waals surface area contributed by atoms with Crippen LogP contribution in [0.4, 0.5) is 4.39 Å². The maximum absolute atomic E-state index is 12.8. The van der Waals surface area contributed by atoms with E-state index in [0.717, 1.165) is 36.4 Å². The molecule has 1 aliphatic heterocycles. The Bertz CT molecular complexity index is 659. The highest BCUT2D eigenvalue weighted by Gasteiger charge is 2.19. The number of hydrogen-bond donors (Lipinski definition) is 0. The van der Waals surface area contributed by atoms with Crippen LogP contribution in [0.15, 0.2) is 24.5 Å². The number of piperidine rings is 1. The number of nitriles is 1. The van der Waals surface area contributed by atoms with Gasteiger partial charge in [0.2, 0.25) is 5.95 Å². The molecule has 3 heterocycles. The van der Waals surface area contributed by atoms with E-state index in [9.17, 15) is 4.39 Å². The van der Waals surface area contributed by atoms with Gasteiger partial charge in [-0.3, -0.25) is 0 Å². The Hall–Kier alpha value is -2.20. The van der Waals surface area contributed by atoms with Gasteiger partial charge in [0.25, 0.3) is 5.19 Å². The van der Waals surface area contributed by atoms with Crippen molar-refractivity contribution in [1.29, 1.82) is 5.26 Å². The fourth-order valence-electron chi connectivity index (χ4n) is 2.37. The number of halogens is 1. The molecule has 1 fully saturated rings. The summed E-state index contributed by atoms with van der Waals surface area (Å²) in [6.07, 6.45) is 7.31. The van der Waals surface area contributed by atoms with Crippen molar-refractivity contribution >= 4 is 11.3 Å². The van der Waals surface area contributed by atoms with Gasteiger partial charge in [0.15, 0.2) is 6.19 Å². The molecule has 0 aromatic carbocycles. The van der Waals surface area contributed by atoms with Crippen LogP contribution in [0, 0.1) is 23.3 Å². The van der Waals surface area contributed by atoms with E-state index in [-0.39, 0.29) is 0 Å². The number of pyridine rings is 1. The quantitative estimate of drug-likeness (QED) is 0.641. The highest BCUT2D eigenvalue weighted by atomic mass is 32.1. The minimum absolute atomic E-state index is 0.462. The van der Waals surface area contributed by atoms with E-state index in [4.69, 9.17) is 10.00 Å². The summed E-state index contributed by atoms with van der Waals surface area (Å²) in [5.74, 6) is -0.0297. The maximum atomic E-state index is 12.8. The zero-order chi connectivity index (χ0) is 15.4. The van der Waals surface area contributed by atoms with Crippen LogP contribution in [-0.4, -0.2) is 34.6 Å². The van der Waals surface area contributed by atoms with Crippen molar-refractivity contribution in [2.24, 2.45) is 5.92 Å². The fourth-order valence-corrected chi connectivity index (χ4v) is 3.13. The smallest absolute Gasteiger partial charge is 0.273 e. The third kappa shape index (κ3) is 3.52. The van der Waals surface area contributed by atoms with Gasteiger partial charge in [-0.05, 0) is 30.9 Å². The largest absolute Gasteiger partial charge is 0.470 e. The van der Waals surface area contributed by atoms with Crippen molar-refractivity contribution in [3.05, 3.63) is 30.5 Å². The van der Waals surface area contributed by atoms with Crippen LogP contribution < -0.4 is 4.74 Å². The second-order valence-electron chi connectivity index (χ2n) is 5.20. The molecule has 0 unspecified atom stereocenters. The van der Waals surface area contributed by atoms with E-state index in [1.54, 1.807) is 17.2 Å². The van der Waals surface area contributed by atoms with Crippen molar-refractivity contribution in [2.45, 2.75) is 12.8 Å². The third-order valence-electron chi connectivity index (χ3n) is 3.69. The zero-order valence-corrected chi connectivity index (χ0v) is 12.7. The van der Waals surface area contributed by atoms with E-state index < -0.39 is 5.95 Å². The lowest BCUT2D eigenvalue weighted by Crippen LogP contribution is -2.32. The third-order valence-corrected chi connectivity index (χ3v) is 4.65. The standard InChI is InChI=1S/C15H15FN4OS/c16-14-2-1-12(7-18-14)13-8-19-15(22-13)21-9-11-3-5-20(10-17)6-4-11/h1-2,7-8,11H,3-6,9H2. The lowest BCUT2D eigenvalue weighted by Gasteiger charge is -2.27. The van der Waals surface area contributed by atoms with Crippen molar-refractivity contribution in [2.75, 3.05) is 19.7 Å². The Balaban J connectivity index is 1.54. The van der Waals surface area contributed by atoms with Crippen molar-refractivity contribution in [3.63, 3.8) is 0 Å². The summed E-state index contributed by atoms with van der Waals surface area (Å²) in [5, 5.41) is 9.43. The fraction of sp³-hybridized carbons (Fsp3) is 0.400. The molecule has 22 heavy (non-hydrogen) atoms. The molecule has 7 heteroatoms. The highest BCUT2D eigenvalue weighted by Crippen LogP contribution is 2.30. The van der Waals surface area contributed by atoms with E-state index in [2.05, 4.69) is 16.2 Å². The second kappa shape index (κ2) is 6.71. The van der Waals surface area contributed by atoms with Gasteiger partial charge in [0, 0.05) is 31.0 Å². The molecule has 0 radical (unpaired) electrons. The van der Waals surface area contributed by atoms with Gasteiger partial charge in [-0.25, -0.2) is 9.97 Å². The average Bonchev–Trinajstić information content (AvgIpc) is 3.03. The lowest BCUT2D eigenvalue weighted by atomic mass is 9.98. The van der Waals surface area contributed by atoms with Crippen LogP contribution in [0.3, 0.4) is 0 Å². The topological polar surface area (TPSA) is 62.0 Å². The number of rotatable bonds is 4. The van der Waals surface area contributed by atoms with Crippen LogP contribution in [0.5, 0.6) is 5.19 Å². The number of aromatic nitrogens is 2. The van der Waals surface area contributed by atoms with Crippen molar-refractivity contribution < 1.29 is 9.13 Å². The SMILES string of the molecule is N#CN1CCC(COc2ncc(-c3ccc(F)nc3)s2)CC1. The zero-order valence-electron chi connectivity index (χ0n) is 11.9. The van der Waals surface area contributed by atoms with Gasteiger partial charge in [0.05, 0.1) is 11.5 Å². The second-order valence-corrected chi connectivity index (χ2v) is 6.19. The molecule has 1 aliphatic rings. The van der Waals surface area contributed by atoms with Crippen LogP contribution in [0.1, 0.15) is 12.8 Å². The molecule has 0 N–H and O–H groups in total. The first kappa shape index (κ1) is 14.7. The molecule has 0 atom stereocenters. The number of hydrogen-bond acceptors (Lipinski definition) is 6. The molecule has 0 aliphatic carbocycles. The first-order valence-electron chi connectivity index (χ1n) is 7.10. The Morgan fingerprint density at radius 2 is 2.14 bits per heavy atom. The molecule has 2 aromatic heterocycles. The number of likely N-dealkylation sites (tertiary alicyclic amines) is 1. The summed E-state index contributed by atoms with van der Waals surface area (Å²) in [7, 11) is 0. The molecule has 0 saturated carbocycles. The Labute approximate surface area is 132 Å². The van der Waals surface area contributed by atoms with Crippen LogP contribution in [0.25, 0.3) is 10.4 Å².